The third-order valence-corrected chi connectivity index (χ3v) is 10.6. The van der Waals surface area contributed by atoms with Gasteiger partial charge in [-0.2, -0.15) is 8.42 Å². The monoisotopic (exact) mass is 747 g/mol. The van der Waals surface area contributed by atoms with Gasteiger partial charge in [-0.15, -0.1) is 0 Å². The highest BCUT2D eigenvalue weighted by molar-refractivity contribution is 7.86. The van der Waals surface area contributed by atoms with Crippen LogP contribution in [0.25, 0.3) is 0 Å². The fraction of sp³-hybridized carbons (Fsp3) is 0.727. The van der Waals surface area contributed by atoms with Crippen LogP contribution in [0.15, 0.2) is 47.4 Å². The Morgan fingerprint density at radius 1 is 0.519 bits per heavy atom. The lowest BCUT2D eigenvalue weighted by molar-refractivity contribution is 0.0446. The van der Waals surface area contributed by atoms with E-state index >= 15 is 0 Å². The molecule has 1 aromatic carbocycles. The van der Waals surface area contributed by atoms with Gasteiger partial charge in [-0.25, -0.2) is 9.59 Å². The van der Waals surface area contributed by atoms with E-state index < -0.39 is 32.5 Å². The molecule has 1 N–H and O–H groups in total. The molecule has 0 spiro atoms. The maximum absolute atomic E-state index is 13.0. The lowest BCUT2D eigenvalue weighted by Gasteiger charge is -2.13. The van der Waals surface area contributed by atoms with Crippen LogP contribution in [0.4, 0.5) is 0 Å². The van der Waals surface area contributed by atoms with E-state index in [0.29, 0.717) is 12.8 Å². The van der Waals surface area contributed by atoms with Crippen molar-refractivity contribution >= 4 is 22.1 Å². The van der Waals surface area contributed by atoms with Crippen molar-refractivity contribution in [3.63, 3.8) is 0 Å². The summed E-state index contributed by atoms with van der Waals surface area (Å²) in [5.41, 5.74) is -0.675. The van der Waals surface area contributed by atoms with Crippen LogP contribution in [-0.4, -0.2) is 38.1 Å². The van der Waals surface area contributed by atoms with Crippen molar-refractivity contribution in [3.05, 3.63) is 53.6 Å². The van der Waals surface area contributed by atoms with Crippen molar-refractivity contribution in [3.8, 4) is 0 Å². The maximum Gasteiger partial charge on any atom is 0.340 e. The van der Waals surface area contributed by atoms with Gasteiger partial charge in [0.1, 0.15) is 4.90 Å². The molecule has 0 atom stereocenters. The molecule has 0 radical (unpaired) electrons. The molecular weight excluding hydrogens is 673 g/mol. The highest BCUT2D eigenvalue weighted by atomic mass is 32.2. The molecule has 1 aromatic rings. The fourth-order valence-corrected chi connectivity index (χ4v) is 7.26. The Hall–Kier alpha value is -2.45. The van der Waals surface area contributed by atoms with Gasteiger partial charge in [0.25, 0.3) is 10.1 Å². The molecule has 8 heteroatoms. The second-order valence-corrected chi connectivity index (χ2v) is 15.7. The number of ether oxygens (including phenoxy) is 2. The zero-order valence-corrected chi connectivity index (χ0v) is 33.9. The van der Waals surface area contributed by atoms with Gasteiger partial charge in [0.2, 0.25) is 0 Å². The number of carbonyl (C=O) groups is 2. The van der Waals surface area contributed by atoms with E-state index in [-0.39, 0.29) is 18.8 Å². The quantitative estimate of drug-likeness (QED) is 0.0319. The molecule has 7 nitrogen and oxygen atoms in total. The highest BCUT2D eigenvalue weighted by Crippen LogP contribution is 2.23. The summed E-state index contributed by atoms with van der Waals surface area (Å²) in [7, 11) is -4.76. The SMILES string of the molecule is C/C=C/CCCCCCCCCCCCCCCOC(=O)c1cccc(S(=O)(=O)O)c1C(=O)OCCCCCCCCCCCCCCC/C=C/C. The van der Waals surface area contributed by atoms with Crippen LogP contribution >= 0.6 is 0 Å². The second-order valence-electron chi connectivity index (χ2n) is 14.3. The molecule has 0 aromatic heterocycles. The van der Waals surface area contributed by atoms with Gasteiger partial charge in [0.05, 0.1) is 24.3 Å². The zero-order valence-electron chi connectivity index (χ0n) is 33.1. The number of allylic oxidation sites excluding steroid dienone is 4. The van der Waals surface area contributed by atoms with Gasteiger partial charge in [0.15, 0.2) is 0 Å². The molecule has 0 saturated carbocycles. The average molecular weight is 747 g/mol. The van der Waals surface area contributed by atoms with E-state index in [2.05, 4.69) is 38.2 Å². The van der Waals surface area contributed by atoms with E-state index in [1.54, 1.807) is 0 Å². The first-order valence-corrected chi connectivity index (χ1v) is 22.4. The standard InChI is InChI=1S/C44H74O7S/c1-3-5-7-9-11-13-15-17-19-21-23-25-27-29-31-33-38-50-43(45)40-36-35-37-41(52(47,48)49)42(40)44(46)51-39-34-32-30-28-26-24-22-20-18-16-14-12-10-8-6-4-2/h3-6,35-37H,7-34,38-39H2,1-2H3,(H,47,48,49)/b5-3+,6-4+. The summed E-state index contributed by atoms with van der Waals surface area (Å²) in [5, 5.41) is 0. The first kappa shape index (κ1) is 47.6. The van der Waals surface area contributed by atoms with Crippen LogP contribution in [0.5, 0.6) is 0 Å². The summed E-state index contributed by atoms with van der Waals surface area (Å²) in [4.78, 5) is 25.3. The summed E-state index contributed by atoms with van der Waals surface area (Å²) in [5.74, 6) is -1.74. The highest BCUT2D eigenvalue weighted by Gasteiger charge is 2.28. The molecule has 0 aliphatic heterocycles. The van der Waals surface area contributed by atoms with Crippen LogP contribution in [0, 0.1) is 0 Å². The molecule has 0 bridgehead atoms. The Morgan fingerprint density at radius 2 is 0.846 bits per heavy atom. The predicted molar refractivity (Wildman–Crippen MR) is 216 cm³/mol. The van der Waals surface area contributed by atoms with Crippen LogP contribution in [-0.2, 0) is 19.6 Å². The molecule has 298 valence electrons. The lowest BCUT2D eigenvalue weighted by atomic mass is 10.0. The van der Waals surface area contributed by atoms with E-state index in [9.17, 15) is 22.6 Å². The van der Waals surface area contributed by atoms with Crippen molar-refractivity contribution in [1.29, 1.82) is 0 Å². The minimum atomic E-state index is -4.76. The summed E-state index contributed by atoms with van der Waals surface area (Å²) in [6.45, 7) is 4.44. The molecule has 0 saturated heterocycles. The molecule has 0 aliphatic carbocycles. The third-order valence-electron chi connectivity index (χ3n) is 9.70. The number of benzene rings is 1. The number of hydrogen-bond acceptors (Lipinski definition) is 6. The summed E-state index contributed by atoms with van der Waals surface area (Å²) in [6, 6.07) is 3.75. The molecule has 0 aliphatic rings. The van der Waals surface area contributed by atoms with Gasteiger partial charge in [-0.05, 0) is 64.5 Å². The fourth-order valence-electron chi connectivity index (χ4n) is 6.56. The Labute approximate surface area is 318 Å². The van der Waals surface area contributed by atoms with Gasteiger partial charge >= 0.3 is 11.9 Å². The minimum absolute atomic E-state index is 0.110. The van der Waals surface area contributed by atoms with Crippen LogP contribution < -0.4 is 0 Å². The minimum Gasteiger partial charge on any atom is -0.462 e. The van der Waals surface area contributed by atoms with Gasteiger partial charge in [0, 0.05) is 0 Å². The summed E-state index contributed by atoms with van der Waals surface area (Å²) in [6.07, 6.45) is 42.2. The first-order chi connectivity index (χ1) is 25.3. The average Bonchev–Trinajstić information content (AvgIpc) is 3.13. The first-order valence-electron chi connectivity index (χ1n) is 21.0. The van der Waals surface area contributed by atoms with Crippen molar-refractivity contribution in [2.75, 3.05) is 13.2 Å². The van der Waals surface area contributed by atoms with Crippen LogP contribution in [0.2, 0.25) is 0 Å². The van der Waals surface area contributed by atoms with E-state index in [1.807, 2.05) is 0 Å². The topological polar surface area (TPSA) is 107 Å². The lowest BCUT2D eigenvalue weighted by Crippen LogP contribution is -2.19. The molecule has 0 fully saturated rings. The molecular formula is C44H74O7S. The number of unbranched alkanes of at least 4 members (excludes halogenated alkanes) is 26. The Balaban J connectivity index is 2.24. The van der Waals surface area contributed by atoms with Crippen molar-refractivity contribution in [2.24, 2.45) is 0 Å². The number of rotatable bonds is 35. The molecule has 1 rings (SSSR count). The molecule has 0 unspecified atom stereocenters. The van der Waals surface area contributed by atoms with E-state index in [4.69, 9.17) is 9.47 Å². The second kappa shape index (κ2) is 33.1. The number of hydrogen-bond donors (Lipinski definition) is 1. The van der Waals surface area contributed by atoms with Gasteiger partial charge in [-0.3, -0.25) is 4.55 Å². The summed E-state index contributed by atoms with van der Waals surface area (Å²) < 4.78 is 44.8. The zero-order chi connectivity index (χ0) is 38.0. The number of carbonyl (C=O) groups excluding carboxylic acids is 2. The third kappa shape index (κ3) is 25.5. The Kier molecular flexibility index (Phi) is 30.3. The molecule has 0 heterocycles. The molecule has 0 amide bonds. The van der Waals surface area contributed by atoms with Gasteiger partial charge in [-0.1, -0.05) is 172 Å². The Morgan fingerprint density at radius 3 is 1.19 bits per heavy atom. The van der Waals surface area contributed by atoms with Crippen LogP contribution in [0.1, 0.15) is 214 Å². The van der Waals surface area contributed by atoms with Crippen molar-refractivity contribution in [1.82, 2.24) is 0 Å². The largest absolute Gasteiger partial charge is 0.462 e. The smallest absolute Gasteiger partial charge is 0.340 e. The number of esters is 2. The van der Waals surface area contributed by atoms with Crippen molar-refractivity contribution in [2.45, 2.75) is 199 Å². The van der Waals surface area contributed by atoms with Gasteiger partial charge < -0.3 is 9.47 Å². The normalized spacial score (nSPS) is 11.9. The summed E-state index contributed by atoms with van der Waals surface area (Å²) >= 11 is 0. The Bertz CT molecular complexity index is 1200. The van der Waals surface area contributed by atoms with E-state index in [0.717, 1.165) is 44.6 Å². The predicted octanol–water partition coefficient (Wildman–Crippen LogP) is 13.3. The van der Waals surface area contributed by atoms with E-state index in [1.165, 1.54) is 141 Å². The molecule has 52 heavy (non-hydrogen) atoms. The maximum atomic E-state index is 13.0. The van der Waals surface area contributed by atoms with Crippen molar-refractivity contribution < 1.29 is 32.0 Å². The van der Waals surface area contributed by atoms with Crippen LogP contribution in [0.3, 0.4) is 0 Å².